The Labute approximate surface area is 88.9 Å². The van der Waals surface area contributed by atoms with Gasteiger partial charge in [0, 0.05) is 25.4 Å². The largest absolute Gasteiger partial charge is 0.481 e. The third-order valence-electron chi connectivity index (χ3n) is 1.95. The van der Waals surface area contributed by atoms with E-state index < -0.39 is 5.97 Å². The molecule has 1 rings (SSSR count). The van der Waals surface area contributed by atoms with Crippen LogP contribution in [0.4, 0.5) is 0 Å². The predicted molar refractivity (Wildman–Crippen MR) is 55.4 cm³/mol. The molecule has 0 aliphatic rings. The number of carbonyl (C=O) groups is 1. The molecule has 4 nitrogen and oxygen atoms in total. The fraction of sp³-hybridized carbons (Fsp3) is 0.455. The monoisotopic (exact) mass is 209 g/mol. The third-order valence-corrected chi connectivity index (χ3v) is 1.95. The molecule has 0 unspecified atom stereocenters. The molecule has 0 aliphatic heterocycles. The quantitative estimate of drug-likeness (QED) is 0.696. The lowest BCUT2D eigenvalue weighted by atomic mass is 10.2. The Morgan fingerprint density at radius 3 is 2.73 bits per heavy atom. The normalized spacial score (nSPS) is 10.1. The molecule has 4 heteroatoms. The molecule has 0 atom stereocenters. The summed E-state index contributed by atoms with van der Waals surface area (Å²) in [4.78, 5) is 14.1. The highest BCUT2D eigenvalue weighted by atomic mass is 16.5. The number of carboxylic acids is 1. The fourth-order valence-corrected chi connectivity index (χ4v) is 1.15. The van der Waals surface area contributed by atoms with E-state index in [9.17, 15) is 4.79 Å². The van der Waals surface area contributed by atoms with Crippen LogP contribution in [0.25, 0.3) is 0 Å². The molecule has 0 fully saturated rings. The van der Waals surface area contributed by atoms with Crippen LogP contribution in [0.5, 0.6) is 0 Å². The molecule has 1 aromatic rings. The van der Waals surface area contributed by atoms with Gasteiger partial charge in [-0.3, -0.25) is 9.78 Å². The maximum absolute atomic E-state index is 10.2. The first-order valence-electron chi connectivity index (χ1n) is 4.97. The summed E-state index contributed by atoms with van der Waals surface area (Å²) in [5.74, 6) is -0.746. The molecule has 0 amide bonds. The smallest absolute Gasteiger partial charge is 0.303 e. The SMILES string of the molecule is O=C(O)CCCCOCc1ccncc1. The summed E-state index contributed by atoms with van der Waals surface area (Å²) in [6.07, 6.45) is 5.13. The Morgan fingerprint density at radius 1 is 1.33 bits per heavy atom. The van der Waals surface area contributed by atoms with Crippen LogP contribution in [0, 0.1) is 0 Å². The molecule has 15 heavy (non-hydrogen) atoms. The van der Waals surface area contributed by atoms with Crippen LogP contribution in [0.2, 0.25) is 0 Å². The van der Waals surface area contributed by atoms with Crippen molar-refractivity contribution < 1.29 is 14.6 Å². The van der Waals surface area contributed by atoms with Crippen molar-refractivity contribution in [3.05, 3.63) is 30.1 Å². The van der Waals surface area contributed by atoms with E-state index in [0.717, 1.165) is 12.0 Å². The first kappa shape index (κ1) is 11.7. The molecule has 0 aliphatic carbocycles. The van der Waals surface area contributed by atoms with E-state index in [0.29, 0.717) is 19.6 Å². The lowest BCUT2D eigenvalue weighted by molar-refractivity contribution is -0.137. The summed E-state index contributed by atoms with van der Waals surface area (Å²) in [5, 5.41) is 8.40. The summed E-state index contributed by atoms with van der Waals surface area (Å²) in [6.45, 7) is 1.17. The van der Waals surface area contributed by atoms with E-state index in [2.05, 4.69) is 4.98 Å². The molecule has 0 saturated heterocycles. The van der Waals surface area contributed by atoms with Gasteiger partial charge in [0.1, 0.15) is 0 Å². The van der Waals surface area contributed by atoms with Gasteiger partial charge in [-0.15, -0.1) is 0 Å². The highest BCUT2D eigenvalue weighted by molar-refractivity contribution is 5.66. The molecule has 0 aromatic carbocycles. The van der Waals surface area contributed by atoms with E-state index in [4.69, 9.17) is 9.84 Å². The second-order valence-corrected chi connectivity index (χ2v) is 3.26. The average molecular weight is 209 g/mol. The van der Waals surface area contributed by atoms with Crippen LogP contribution in [0.1, 0.15) is 24.8 Å². The van der Waals surface area contributed by atoms with Crippen molar-refractivity contribution in [1.29, 1.82) is 0 Å². The molecule has 82 valence electrons. The van der Waals surface area contributed by atoms with Crippen molar-refractivity contribution in [2.24, 2.45) is 0 Å². The zero-order valence-corrected chi connectivity index (χ0v) is 8.56. The minimum Gasteiger partial charge on any atom is -0.481 e. The number of carboxylic acid groups (broad SMARTS) is 1. The van der Waals surface area contributed by atoms with Crippen molar-refractivity contribution in [2.75, 3.05) is 6.61 Å². The van der Waals surface area contributed by atoms with Gasteiger partial charge in [0.25, 0.3) is 0 Å². The van der Waals surface area contributed by atoms with E-state index in [1.807, 2.05) is 12.1 Å². The summed E-state index contributed by atoms with van der Waals surface area (Å²) in [6, 6.07) is 3.80. The lowest BCUT2D eigenvalue weighted by Crippen LogP contribution is -1.98. The summed E-state index contributed by atoms with van der Waals surface area (Å²) < 4.78 is 5.38. The number of aliphatic carboxylic acids is 1. The minimum atomic E-state index is -0.746. The maximum Gasteiger partial charge on any atom is 0.303 e. The second-order valence-electron chi connectivity index (χ2n) is 3.26. The van der Waals surface area contributed by atoms with Gasteiger partial charge in [0.15, 0.2) is 0 Å². The van der Waals surface area contributed by atoms with Gasteiger partial charge < -0.3 is 9.84 Å². The van der Waals surface area contributed by atoms with Gasteiger partial charge in [0.2, 0.25) is 0 Å². The zero-order chi connectivity index (χ0) is 10.9. The minimum absolute atomic E-state index is 0.221. The molecule has 0 bridgehead atoms. The second kappa shape index (κ2) is 6.95. The van der Waals surface area contributed by atoms with E-state index in [1.54, 1.807) is 12.4 Å². The number of ether oxygens (including phenoxy) is 1. The Hall–Kier alpha value is -1.42. The molecule has 0 radical (unpaired) electrons. The van der Waals surface area contributed by atoms with Crippen LogP contribution < -0.4 is 0 Å². The third kappa shape index (κ3) is 5.80. The Bertz CT molecular complexity index is 287. The van der Waals surface area contributed by atoms with Gasteiger partial charge >= 0.3 is 5.97 Å². The Kier molecular flexibility index (Phi) is 5.40. The number of unbranched alkanes of at least 4 members (excludes halogenated alkanes) is 1. The van der Waals surface area contributed by atoms with Gasteiger partial charge in [-0.1, -0.05) is 0 Å². The highest BCUT2D eigenvalue weighted by Gasteiger charge is 1.96. The number of nitrogens with zero attached hydrogens (tertiary/aromatic N) is 1. The van der Waals surface area contributed by atoms with Crippen molar-refractivity contribution in [3.63, 3.8) is 0 Å². The lowest BCUT2D eigenvalue weighted by Gasteiger charge is -2.02. The molecule has 1 heterocycles. The number of aromatic nitrogens is 1. The van der Waals surface area contributed by atoms with Gasteiger partial charge in [-0.2, -0.15) is 0 Å². The summed E-state index contributed by atoms with van der Waals surface area (Å²) in [7, 11) is 0. The van der Waals surface area contributed by atoms with Crippen LogP contribution in [0.3, 0.4) is 0 Å². The number of hydrogen-bond acceptors (Lipinski definition) is 3. The Morgan fingerprint density at radius 2 is 2.07 bits per heavy atom. The van der Waals surface area contributed by atoms with E-state index >= 15 is 0 Å². The topological polar surface area (TPSA) is 59.4 Å². The highest BCUT2D eigenvalue weighted by Crippen LogP contribution is 2.01. The molecule has 0 saturated carbocycles. The molecule has 0 spiro atoms. The van der Waals surface area contributed by atoms with E-state index in [-0.39, 0.29) is 6.42 Å². The van der Waals surface area contributed by atoms with E-state index in [1.165, 1.54) is 0 Å². The van der Waals surface area contributed by atoms with Crippen LogP contribution in [0.15, 0.2) is 24.5 Å². The predicted octanol–water partition coefficient (Wildman–Crippen LogP) is 1.85. The number of rotatable bonds is 7. The van der Waals surface area contributed by atoms with Gasteiger partial charge in [-0.25, -0.2) is 0 Å². The van der Waals surface area contributed by atoms with Gasteiger partial charge in [0.05, 0.1) is 6.61 Å². The van der Waals surface area contributed by atoms with Crippen molar-refractivity contribution in [3.8, 4) is 0 Å². The standard InChI is InChI=1S/C11H15NO3/c13-11(14)3-1-2-8-15-9-10-4-6-12-7-5-10/h4-7H,1-3,8-9H2,(H,13,14). The van der Waals surface area contributed by atoms with Crippen molar-refractivity contribution in [2.45, 2.75) is 25.9 Å². The van der Waals surface area contributed by atoms with Crippen molar-refractivity contribution >= 4 is 5.97 Å². The first-order valence-corrected chi connectivity index (χ1v) is 4.97. The number of hydrogen-bond donors (Lipinski definition) is 1. The fourth-order valence-electron chi connectivity index (χ4n) is 1.15. The number of pyridine rings is 1. The average Bonchev–Trinajstić information content (AvgIpc) is 2.24. The first-order chi connectivity index (χ1) is 7.29. The van der Waals surface area contributed by atoms with Crippen LogP contribution in [-0.2, 0) is 16.1 Å². The van der Waals surface area contributed by atoms with Crippen molar-refractivity contribution in [1.82, 2.24) is 4.98 Å². The molecular formula is C11H15NO3. The van der Waals surface area contributed by atoms with Crippen LogP contribution >= 0.6 is 0 Å². The maximum atomic E-state index is 10.2. The molecule has 1 aromatic heterocycles. The van der Waals surface area contributed by atoms with Gasteiger partial charge in [-0.05, 0) is 30.5 Å². The Balaban J connectivity index is 2.00. The van der Waals surface area contributed by atoms with Crippen LogP contribution in [-0.4, -0.2) is 22.7 Å². The summed E-state index contributed by atoms with van der Waals surface area (Å²) in [5.41, 5.74) is 1.09. The summed E-state index contributed by atoms with van der Waals surface area (Å²) >= 11 is 0. The zero-order valence-electron chi connectivity index (χ0n) is 8.56. The molecule has 1 N–H and O–H groups in total. The molecular weight excluding hydrogens is 194 g/mol.